The maximum Gasteiger partial charge on any atom is 0.246 e. The van der Waals surface area contributed by atoms with Crippen LogP contribution in [0.4, 0.5) is 4.39 Å². The van der Waals surface area contributed by atoms with Crippen molar-refractivity contribution in [3.63, 3.8) is 0 Å². The molecule has 0 radical (unpaired) electrons. The highest BCUT2D eigenvalue weighted by Gasteiger charge is 2.30. The lowest BCUT2D eigenvalue weighted by molar-refractivity contribution is 0.240. The number of hydrogen-bond donors (Lipinski definition) is 1. The molecular weight excluding hydrogens is 305 g/mol. The number of hydrogen-bond acceptors (Lipinski definition) is 3. The summed E-state index contributed by atoms with van der Waals surface area (Å²) in [5.41, 5.74) is 0.749. The van der Waals surface area contributed by atoms with Crippen LogP contribution in [0.1, 0.15) is 18.0 Å². The third kappa shape index (κ3) is 3.35. The van der Waals surface area contributed by atoms with Crippen LogP contribution in [0.15, 0.2) is 59.5 Å². The SMILES string of the molecule is CN([C@H](CCO)c1ccccc1)S(=O)(=O)c1ccccc1F. The number of benzene rings is 2. The molecule has 0 spiro atoms. The van der Waals surface area contributed by atoms with Gasteiger partial charge in [-0.25, -0.2) is 12.8 Å². The first kappa shape index (κ1) is 16.6. The Balaban J connectivity index is 2.43. The molecule has 0 aliphatic heterocycles. The molecule has 0 aliphatic rings. The lowest BCUT2D eigenvalue weighted by atomic mass is 10.0. The van der Waals surface area contributed by atoms with Gasteiger partial charge in [0.25, 0.3) is 0 Å². The Bertz CT molecular complexity index is 719. The van der Waals surface area contributed by atoms with Crippen LogP contribution in [0.2, 0.25) is 0 Å². The molecule has 118 valence electrons. The largest absolute Gasteiger partial charge is 0.396 e. The van der Waals surface area contributed by atoms with E-state index in [2.05, 4.69) is 0 Å². The van der Waals surface area contributed by atoms with Gasteiger partial charge in [-0.3, -0.25) is 0 Å². The third-order valence-corrected chi connectivity index (χ3v) is 5.42. The van der Waals surface area contributed by atoms with E-state index in [0.29, 0.717) is 0 Å². The summed E-state index contributed by atoms with van der Waals surface area (Å²) in [5.74, 6) is -0.787. The number of halogens is 1. The quantitative estimate of drug-likeness (QED) is 0.889. The fourth-order valence-electron chi connectivity index (χ4n) is 2.33. The number of rotatable bonds is 6. The predicted octanol–water partition coefficient (Wildman–Crippen LogP) is 2.57. The maximum atomic E-state index is 13.8. The van der Waals surface area contributed by atoms with Crippen LogP contribution in [-0.4, -0.2) is 31.5 Å². The molecular formula is C16H18FNO3S. The van der Waals surface area contributed by atoms with E-state index in [1.54, 1.807) is 24.3 Å². The highest BCUT2D eigenvalue weighted by molar-refractivity contribution is 7.89. The summed E-state index contributed by atoms with van der Waals surface area (Å²) >= 11 is 0. The van der Waals surface area contributed by atoms with Crippen LogP contribution >= 0.6 is 0 Å². The van der Waals surface area contributed by atoms with Crippen LogP contribution in [0.3, 0.4) is 0 Å². The summed E-state index contributed by atoms with van der Waals surface area (Å²) in [7, 11) is -2.59. The van der Waals surface area contributed by atoms with Crippen LogP contribution < -0.4 is 0 Å². The van der Waals surface area contributed by atoms with Gasteiger partial charge in [0.1, 0.15) is 10.7 Å². The Morgan fingerprint density at radius 2 is 1.68 bits per heavy atom. The molecule has 2 aromatic rings. The van der Waals surface area contributed by atoms with Crippen molar-refractivity contribution in [2.45, 2.75) is 17.4 Å². The Morgan fingerprint density at radius 1 is 1.09 bits per heavy atom. The monoisotopic (exact) mass is 323 g/mol. The minimum absolute atomic E-state index is 0.170. The zero-order valence-corrected chi connectivity index (χ0v) is 13.0. The zero-order valence-electron chi connectivity index (χ0n) is 12.2. The Hall–Kier alpha value is -1.76. The van der Waals surface area contributed by atoms with E-state index in [-0.39, 0.29) is 17.9 Å². The zero-order chi connectivity index (χ0) is 16.2. The number of nitrogens with zero attached hydrogens (tertiary/aromatic N) is 1. The van der Waals surface area contributed by atoms with Crippen LogP contribution in [-0.2, 0) is 10.0 Å². The first-order valence-corrected chi connectivity index (χ1v) is 8.31. The van der Waals surface area contributed by atoms with Crippen LogP contribution in [0.25, 0.3) is 0 Å². The fourth-order valence-corrected chi connectivity index (χ4v) is 3.77. The summed E-state index contributed by atoms with van der Waals surface area (Å²) in [6, 6.07) is 13.7. The Morgan fingerprint density at radius 3 is 2.27 bits per heavy atom. The second-order valence-electron chi connectivity index (χ2n) is 4.89. The van der Waals surface area contributed by atoms with Gasteiger partial charge in [0, 0.05) is 13.7 Å². The van der Waals surface area contributed by atoms with Gasteiger partial charge in [-0.15, -0.1) is 0 Å². The van der Waals surface area contributed by atoms with Gasteiger partial charge in [-0.2, -0.15) is 4.31 Å². The molecule has 2 rings (SSSR count). The van der Waals surface area contributed by atoms with Crippen molar-refractivity contribution >= 4 is 10.0 Å². The minimum atomic E-state index is -3.99. The van der Waals surface area contributed by atoms with E-state index >= 15 is 0 Å². The van der Waals surface area contributed by atoms with Gasteiger partial charge in [-0.05, 0) is 24.1 Å². The average molecular weight is 323 g/mol. The molecule has 0 fully saturated rings. The second-order valence-corrected chi connectivity index (χ2v) is 6.86. The molecule has 0 heterocycles. The molecule has 1 atom stereocenters. The highest BCUT2D eigenvalue weighted by Crippen LogP contribution is 2.29. The van der Waals surface area contributed by atoms with E-state index in [0.717, 1.165) is 15.9 Å². The molecule has 4 nitrogen and oxygen atoms in total. The molecule has 0 unspecified atom stereocenters. The Labute approximate surface area is 129 Å². The van der Waals surface area contributed by atoms with Crippen molar-refractivity contribution < 1.29 is 17.9 Å². The van der Waals surface area contributed by atoms with E-state index in [1.807, 2.05) is 6.07 Å². The first-order valence-electron chi connectivity index (χ1n) is 6.87. The molecule has 0 aliphatic carbocycles. The summed E-state index contributed by atoms with van der Waals surface area (Å²) in [6.07, 6.45) is 0.230. The minimum Gasteiger partial charge on any atom is -0.396 e. The highest BCUT2D eigenvalue weighted by atomic mass is 32.2. The van der Waals surface area contributed by atoms with Gasteiger partial charge in [0.15, 0.2) is 0 Å². The summed E-state index contributed by atoms with van der Waals surface area (Å²) in [4.78, 5) is -0.364. The van der Waals surface area contributed by atoms with E-state index < -0.39 is 21.9 Å². The molecule has 0 saturated heterocycles. The molecule has 0 aromatic heterocycles. The van der Waals surface area contributed by atoms with Crippen LogP contribution in [0, 0.1) is 5.82 Å². The van der Waals surface area contributed by atoms with E-state index in [1.165, 1.54) is 25.2 Å². The number of aliphatic hydroxyl groups is 1. The molecule has 0 amide bonds. The fraction of sp³-hybridized carbons (Fsp3) is 0.250. The lowest BCUT2D eigenvalue weighted by Crippen LogP contribution is -2.32. The van der Waals surface area contributed by atoms with Crippen molar-refractivity contribution in [2.75, 3.05) is 13.7 Å². The summed E-state index contributed by atoms with van der Waals surface area (Å²) in [6.45, 7) is -0.170. The van der Waals surface area contributed by atoms with E-state index in [9.17, 15) is 17.9 Å². The standard InChI is InChI=1S/C16H18FNO3S/c1-18(15(11-12-19)13-7-3-2-4-8-13)22(20,21)16-10-6-5-9-14(16)17/h2-10,15,19H,11-12H2,1H3/t15-/m1/s1. The van der Waals surface area contributed by atoms with Gasteiger partial charge >= 0.3 is 0 Å². The third-order valence-electron chi connectivity index (χ3n) is 3.52. The average Bonchev–Trinajstić information content (AvgIpc) is 2.53. The topological polar surface area (TPSA) is 57.6 Å². The molecule has 0 saturated carbocycles. The van der Waals surface area contributed by atoms with Crippen LogP contribution in [0.5, 0.6) is 0 Å². The smallest absolute Gasteiger partial charge is 0.246 e. The normalized spacial score (nSPS) is 13.3. The van der Waals surface area contributed by atoms with Crippen molar-refractivity contribution in [3.8, 4) is 0 Å². The maximum absolute atomic E-state index is 13.8. The van der Waals surface area contributed by atoms with Crippen molar-refractivity contribution in [1.29, 1.82) is 0 Å². The molecule has 6 heteroatoms. The van der Waals surface area contributed by atoms with Crippen molar-refractivity contribution in [1.82, 2.24) is 4.31 Å². The van der Waals surface area contributed by atoms with Gasteiger partial charge < -0.3 is 5.11 Å². The molecule has 22 heavy (non-hydrogen) atoms. The first-order chi connectivity index (χ1) is 10.5. The number of sulfonamides is 1. The molecule has 2 aromatic carbocycles. The number of aliphatic hydroxyl groups excluding tert-OH is 1. The van der Waals surface area contributed by atoms with Gasteiger partial charge in [0.2, 0.25) is 10.0 Å². The van der Waals surface area contributed by atoms with E-state index in [4.69, 9.17) is 0 Å². The van der Waals surface area contributed by atoms with Crippen molar-refractivity contribution in [3.05, 3.63) is 66.0 Å². The second kappa shape index (κ2) is 7.00. The Kier molecular flexibility index (Phi) is 5.28. The summed E-state index contributed by atoms with van der Waals surface area (Å²) in [5, 5.41) is 9.24. The summed E-state index contributed by atoms with van der Waals surface area (Å²) < 4.78 is 40.2. The van der Waals surface area contributed by atoms with Gasteiger partial charge in [0.05, 0.1) is 6.04 Å². The molecule has 0 bridgehead atoms. The predicted molar refractivity (Wildman–Crippen MR) is 82.2 cm³/mol. The lowest BCUT2D eigenvalue weighted by Gasteiger charge is -2.27. The van der Waals surface area contributed by atoms with Gasteiger partial charge in [-0.1, -0.05) is 42.5 Å². The van der Waals surface area contributed by atoms with Crippen molar-refractivity contribution in [2.24, 2.45) is 0 Å². The molecule has 1 N–H and O–H groups in total.